The minimum atomic E-state index is -0.513. The largest absolute Gasteiger partial charge is 0.396 e. The topological polar surface area (TPSA) is 76.6 Å². The van der Waals surface area contributed by atoms with Gasteiger partial charge in [0.25, 0.3) is 5.91 Å². The van der Waals surface area contributed by atoms with Crippen LogP contribution >= 0.6 is 0 Å². The summed E-state index contributed by atoms with van der Waals surface area (Å²) in [6, 6.07) is 16.3. The van der Waals surface area contributed by atoms with E-state index in [1.54, 1.807) is 40.9 Å². The highest BCUT2D eigenvalue weighted by Gasteiger charge is 2.26. The molecule has 3 N–H and O–H groups in total. The first-order chi connectivity index (χ1) is 14.4. The van der Waals surface area contributed by atoms with Crippen molar-refractivity contribution < 1.29 is 14.0 Å². The molecule has 150 valence electrons. The van der Waals surface area contributed by atoms with E-state index in [0.29, 0.717) is 16.8 Å². The van der Waals surface area contributed by atoms with Crippen LogP contribution in [0.2, 0.25) is 0 Å². The maximum atomic E-state index is 13.5. The van der Waals surface area contributed by atoms with Crippen LogP contribution in [0.4, 0.5) is 15.8 Å². The molecule has 0 aliphatic heterocycles. The first kappa shape index (κ1) is 19.4. The van der Waals surface area contributed by atoms with Crippen LogP contribution in [0.1, 0.15) is 37.5 Å². The maximum Gasteiger partial charge on any atom is 0.259 e. The Bertz CT molecular complexity index is 1310. The minimum absolute atomic E-state index is 0.0818. The Morgan fingerprint density at radius 3 is 2.50 bits per heavy atom. The monoisotopic (exact) mass is 401 g/mol. The molecule has 0 saturated carbocycles. The van der Waals surface area contributed by atoms with E-state index < -0.39 is 11.7 Å². The van der Waals surface area contributed by atoms with Gasteiger partial charge in [-0.15, -0.1) is 0 Å². The van der Waals surface area contributed by atoms with Gasteiger partial charge in [0.15, 0.2) is 0 Å². The van der Waals surface area contributed by atoms with Crippen molar-refractivity contribution in [1.29, 1.82) is 0 Å². The number of nitrogens with one attached hydrogen (secondary N) is 1. The molecule has 0 fully saturated rings. The molecule has 0 aliphatic carbocycles. The van der Waals surface area contributed by atoms with Gasteiger partial charge in [0.1, 0.15) is 11.5 Å². The molecule has 2 aromatic carbocycles. The second-order valence-corrected chi connectivity index (χ2v) is 7.19. The van der Waals surface area contributed by atoms with E-state index in [4.69, 9.17) is 5.73 Å². The van der Waals surface area contributed by atoms with Gasteiger partial charge in [-0.1, -0.05) is 24.3 Å². The Morgan fingerprint density at radius 1 is 0.967 bits per heavy atom. The lowest BCUT2D eigenvalue weighted by Crippen LogP contribution is -2.14. The van der Waals surface area contributed by atoms with Crippen molar-refractivity contribution >= 4 is 28.6 Å². The molecule has 6 heteroatoms. The summed E-state index contributed by atoms with van der Waals surface area (Å²) in [5.74, 6) is -1.25. The first-order valence-electron chi connectivity index (χ1n) is 9.44. The van der Waals surface area contributed by atoms with Gasteiger partial charge in [0.05, 0.1) is 16.8 Å². The molecule has 2 heterocycles. The first-order valence-corrected chi connectivity index (χ1v) is 9.44. The molecular weight excluding hydrogens is 381 g/mol. The van der Waals surface area contributed by atoms with Crippen LogP contribution in [-0.2, 0) is 0 Å². The van der Waals surface area contributed by atoms with Crippen molar-refractivity contribution in [3.8, 4) is 0 Å². The summed E-state index contributed by atoms with van der Waals surface area (Å²) >= 11 is 0. The number of nitrogens with zero attached hydrogens (tertiary/aromatic N) is 1. The number of nitrogens with two attached hydrogens (primary N) is 1. The molecule has 0 spiro atoms. The van der Waals surface area contributed by atoms with Gasteiger partial charge in [0.2, 0.25) is 5.78 Å². The molecule has 4 rings (SSSR count). The fraction of sp³-hybridized carbons (Fsp3) is 0.0833. The number of ketones is 1. The van der Waals surface area contributed by atoms with Gasteiger partial charge in [-0.3, -0.25) is 9.59 Å². The fourth-order valence-corrected chi connectivity index (χ4v) is 3.48. The average Bonchev–Trinajstić information content (AvgIpc) is 3.01. The Balaban J connectivity index is 1.82. The van der Waals surface area contributed by atoms with E-state index in [0.717, 1.165) is 11.1 Å². The van der Waals surface area contributed by atoms with E-state index in [2.05, 4.69) is 5.32 Å². The van der Waals surface area contributed by atoms with Crippen LogP contribution in [0.15, 0.2) is 66.9 Å². The number of halogens is 1. The number of hydrogen-bond acceptors (Lipinski definition) is 3. The Hall–Kier alpha value is -3.93. The van der Waals surface area contributed by atoms with Gasteiger partial charge in [-0.2, -0.15) is 0 Å². The lowest BCUT2D eigenvalue weighted by Gasteiger charge is -2.07. The molecule has 4 aromatic rings. The standard InChI is InChI=1S/C24H20FN3O2/c1-14-9-10-16(12-15(14)2)23(29)22-21(26)20(19-8-3-4-11-28(19)22)24(30)27-18-7-5-6-17(25)13-18/h3-13H,26H2,1-2H3,(H,27,30). The number of carbonyl (C=O) groups excluding carboxylic acids is 2. The van der Waals surface area contributed by atoms with Crippen molar-refractivity contribution in [2.24, 2.45) is 0 Å². The lowest BCUT2D eigenvalue weighted by atomic mass is 10.0. The van der Waals surface area contributed by atoms with Crippen LogP contribution in [0.25, 0.3) is 5.52 Å². The number of pyridine rings is 1. The number of amides is 1. The van der Waals surface area contributed by atoms with Crippen LogP contribution < -0.4 is 11.1 Å². The SMILES string of the molecule is Cc1ccc(C(=O)c2c(N)c(C(=O)Nc3cccc(F)c3)c3ccccn23)cc1C. The highest BCUT2D eigenvalue weighted by Crippen LogP contribution is 2.29. The Labute approximate surface area is 173 Å². The predicted molar refractivity (Wildman–Crippen MR) is 116 cm³/mol. The number of aryl methyl sites for hydroxylation is 2. The summed E-state index contributed by atoms with van der Waals surface area (Å²) < 4.78 is 15.1. The maximum absolute atomic E-state index is 13.5. The number of aromatic nitrogens is 1. The van der Waals surface area contributed by atoms with Gasteiger partial charge in [-0.05, 0) is 61.4 Å². The lowest BCUT2D eigenvalue weighted by molar-refractivity contribution is 0.102. The van der Waals surface area contributed by atoms with E-state index in [1.807, 2.05) is 26.0 Å². The van der Waals surface area contributed by atoms with Crippen LogP contribution in [0.5, 0.6) is 0 Å². The number of benzene rings is 2. The van der Waals surface area contributed by atoms with Crippen molar-refractivity contribution in [1.82, 2.24) is 4.40 Å². The molecule has 2 aromatic heterocycles. The third-order valence-electron chi connectivity index (χ3n) is 5.18. The summed E-state index contributed by atoms with van der Waals surface area (Å²) in [5.41, 5.74) is 10.2. The van der Waals surface area contributed by atoms with Crippen molar-refractivity contribution in [2.45, 2.75) is 13.8 Å². The third-order valence-corrected chi connectivity index (χ3v) is 5.18. The molecule has 30 heavy (non-hydrogen) atoms. The van der Waals surface area contributed by atoms with Crippen molar-refractivity contribution in [3.63, 3.8) is 0 Å². The summed E-state index contributed by atoms with van der Waals surface area (Å²) in [6.45, 7) is 3.91. The van der Waals surface area contributed by atoms with Crippen LogP contribution in [0.3, 0.4) is 0 Å². The quantitative estimate of drug-likeness (QED) is 0.484. The molecular formula is C24H20FN3O2. The average molecular weight is 401 g/mol. The van der Waals surface area contributed by atoms with Crippen LogP contribution in [0, 0.1) is 19.7 Å². The normalized spacial score (nSPS) is 10.9. The van der Waals surface area contributed by atoms with E-state index in [1.165, 1.54) is 18.2 Å². The summed E-state index contributed by atoms with van der Waals surface area (Å²) in [6.07, 6.45) is 1.69. The molecule has 0 radical (unpaired) electrons. The number of fused-ring (bicyclic) bond motifs is 1. The number of hydrogen-bond donors (Lipinski definition) is 2. The fourth-order valence-electron chi connectivity index (χ4n) is 3.48. The van der Waals surface area contributed by atoms with Crippen LogP contribution in [-0.4, -0.2) is 16.1 Å². The number of rotatable bonds is 4. The van der Waals surface area contributed by atoms with Gasteiger partial charge < -0.3 is 15.5 Å². The number of carbonyl (C=O) groups is 2. The predicted octanol–water partition coefficient (Wildman–Crippen LogP) is 4.76. The minimum Gasteiger partial charge on any atom is -0.396 e. The number of nitrogen functional groups attached to an aromatic ring is 1. The third kappa shape index (κ3) is 3.33. The van der Waals surface area contributed by atoms with E-state index in [-0.39, 0.29) is 22.7 Å². The molecule has 0 atom stereocenters. The van der Waals surface area contributed by atoms with Crippen molar-refractivity contribution in [3.05, 3.63) is 101 Å². The second-order valence-electron chi connectivity index (χ2n) is 7.19. The second kappa shape index (κ2) is 7.48. The zero-order chi connectivity index (χ0) is 21.4. The summed E-state index contributed by atoms with van der Waals surface area (Å²) in [7, 11) is 0. The smallest absolute Gasteiger partial charge is 0.259 e. The highest BCUT2D eigenvalue weighted by atomic mass is 19.1. The molecule has 0 bridgehead atoms. The zero-order valence-corrected chi connectivity index (χ0v) is 16.6. The Kier molecular flexibility index (Phi) is 4.83. The Morgan fingerprint density at radius 2 is 1.77 bits per heavy atom. The van der Waals surface area contributed by atoms with Gasteiger partial charge >= 0.3 is 0 Å². The molecule has 0 saturated heterocycles. The highest BCUT2D eigenvalue weighted by molar-refractivity contribution is 6.20. The van der Waals surface area contributed by atoms with Crippen molar-refractivity contribution in [2.75, 3.05) is 11.1 Å². The van der Waals surface area contributed by atoms with Gasteiger partial charge in [-0.25, -0.2) is 4.39 Å². The molecule has 0 aliphatic rings. The van der Waals surface area contributed by atoms with Gasteiger partial charge in [0, 0.05) is 17.4 Å². The number of anilines is 2. The van der Waals surface area contributed by atoms with E-state index >= 15 is 0 Å². The molecule has 5 nitrogen and oxygen atoms in total. The molecule has 0 unspecified atom stereocenters. The zero-order valence-electron chi connectivity index (χ0n) is 16.6. The summed E-state index contributed by atoms with van der Waals surface area (Å²) in [5, 5.41) is 2.66. The molecule has 1 amide bonds. The van der Waals surface area contributed by atoms with E-state index in [9.17, 15) is 14.0 Å². The summed E-state index contributed by atoms with van der Waals surface area (Å²) in [4.78, 5) is 26.3.